The van der Waals surface area contributed by atoms with E-state index in [1.807, 2.05) is 36.9 Å². The number of hydrogen-bond acceptors (Lipinski definition) is 4. The monoisotopic (exact) mass is 290 g/mol. The van der Waals surface area contributed by atoms with Crippen molar-refractivity contribution in [1.82, 2.24) is 9.88 Å². The molecular formula is C16H22N2O3. The third-order valence-electron chi connectivity index (χ3n) is 3.68. The number of aromatic amines is 1. The lowest BCUT2D eigenvalue weighted by Gasteiger charge is -2.21. The average Bonchev–Trinajstić information content (AvgIpc) is 2.45. The molecule has 0 aliphatic carbocycles. The standard InChI is InChI=1S/C16H22N2O3/c1-11-3-4-15-13(9-11)16(21)14(12(2)17-15)10-18(5-7-19)6-8-20/h3-4,9,19-20H,5-8,10H2,1-2H3,(H,17,21). The summed E-state index contributed by atoms with van der Waals surface area (Å²) in [5.41, 5.74) is 3.42. The van der Waals surface area contributed by atoms with Crippen molar-refractivity contribution >= 4 is 10.9 Å². The quantitative estimate of drug-likeness (QED) is 0.740. The Bertz CT molecular complexity index is 673. The van der Waals surface area contributed by atoms with Gasteiger partial charge in [-0.1, -0.05) is 11.6 Å². The lowest BCUT2D eigenvalue weighted by Crippen LogP contribution is -2.32. The zero-order valence-corrected chi connectivity index (χ0v) is 12.5. The molecule has 0 radical (unpaired) electrons. The summed E-state index contributed by atoms with van der Waals surface area (Å²) in [6.07, 6.45) is 0. The number of pyridine rings is 1. The smallest absolute Gasteiger partial charge is 0.194 e. The van der Waals surface area contributed by atoms with Gasteiger partial charge in [0.15, 0.2) is 5.43 Å². The number of nitrogens with zero attached hydrogens (tertiary/aromatic N) is 1. The van der Waals surface area contributed by atoms with Crippen LogP contribution in [0.3, 0.4) is 0 Å². The molecule has 0 fully saturated rings. The average molecular weight is 290 g/mol. The number of benzene rings is 1. The summed E-state index contributed by atoms with van der Waals surface area (Å²) >= 11 is 0. The molecular weight excluding hydrogens is 268 g/mol. The molecule has 2 rings (SSSR count). The minimum absolute atomic E-state index is 0.00361. The number of aryl methyl sites for hydroxylation is 2. The fourth-order valence-corrected chi connectivity index (χ4v) is 2.53. The van der Waals surface area contributed by atoms with E-state index >= 15 is 0 Å². The summed E-state index contributed by atoms with van der Waals surface area (Å²) in [5, 5.41) is 18.8. The zero-order valence-electron chi connectivity index (χ0n) is 12.5. The van der Waals surface area contributed by atoms with Gasteiger partial charge < -0.3 is 15.2 Å². The number of hydrogen-bond donors (Lipinski definition) is 3. The van der Waals surface area contributed by atoms with Crippen molar-refractivity contribution in [2.45, 2.75) is 20.4 Å². The van der Waals surface area contributed by atoms with Crippen molar-refractivity contribution in [2.75, 3.05) is 26.3 Å². The van der Waals surface area contributed by atoms with Crippen molar-refractivity contribution in [3.63, 3.8) is 0 Å². The van der Waals surface area contributed by atoms with Crippen LogP contribution in [0.15, 0.2) is 23.0 Å². The van der Waals surface area contributed by atoms with E-state index in [1.54, 1.807) is 0 Å². The second-order valence-corrected chi connectivity index (χ2v) is 5.33. The van der Waals surface area contributed by atoms with E-state index in [1.165, 1.54) is 0 Å². The summed E-state index contributed by atoms with van der Waals surface area (Å²) < 4.78 is 0. The van der Waals surface area contributed by atoms with E-state index in [2.05, 4.69) is 4.98 Å². The van der Waals surface area contributed by atoms with Crippen LogP contribution in [0.5, 0.6) is 0 Å². The van der Waals surface area contributed by atoms with Crippen LogP contribution in [-0.4, -0.2) is 46.4 Å². The molecule has 1 heterocycles. The summed E-state index contributed by atoms with van der Waals surface area (Å²) in [6, 6.07) is 5.78. The fourth-order valence-electron chi connectivity index (χ4n) is 2.53. The van der Waals surface area contributed by atoms with E-state index in [4.69, 9.17) is 10.2 Å². The Morgan fingerprint density at radius 2 is 1.81 bits per heavy atom. The minimum atomic E-state index is 0.00361. The number of aliphatic hydroxyl groups is 2. The topological polar surface area (TPSA) is 76.6 Å². The van der Waals surface area contributed by atoms with Crippen LogP contribution in [0.2, 0.25) is 0 Å². The number of aromatic nitrogens is 1. The minimum Gasteiger partial charge on any atom is -0.395 e. The Morgan fingerprint density at radius 1 is 1.14 bits per heavy atom. The van der Waals surface area contributed by atoms with Crippen molar-refractivity contribution < 1.29 is 10.2 Å². The summed E-state index contributed by atoms with van der Waals surface area (Å²) in [5.74, 6) is 0. The maximum absolute atomic E-state index is 12.7. The Morgan fingerprint density at radius 3 is 2.43 bits per heavy atom. The molecule has 1 aromatic carbocycles. The van der Waals surface area contributed by atoms with Gasteiger partial charge in [-0.3, -0.25) is 9.69 Å². The van der Waals surface area contributed by atoms with Gasteiger partial charge in [-0.05, 0) is 26.0 Å². The SMILES string of the molecule is Cc1ccc2[nH]c(C)c(CN(CCO)CCO)c(=O)c2c1. The van der Waals surface area contributed by atoms with E-state index in [9.17, 15) is 4.79 Å². The Balaban J connectivity index is 2.45. The number of nitrogens with one attached hydrogen (secondary N) is 1. The molecule has 0 saturated heterocycles. The molecule has 0 aliphatic rings. The molecule has 0 spiro atoms. The van der Waals surface area contributed by atoms with Gasteiger partial charge in [-0.15, -0.1) is 0 Å². The van der Waals surface area contributed by atoms with Gasteiger partial charge in [0.25, 0.3) is 0 Å². The van der Waals surface area contributed by atoms with Gasteiger partial charge in [0.1, 0.15) is 0 Å². The first-order valence-electron chi connectivity index (χ1n) is 7.13. The molecule has 0 saturated carbocycles. The van der Waals surface area contributed by atoms with Gasteiger partial charge in [0, 0.05) is 41.8 Å². The van der Waals surface area contributed by atoms with Crippen LogP contribution in [0.25, 0.3) is 10.9 Å². The maximum atomic E-state index is 12.7. The zero-order chi connectivity index (χ0) is 15.4. The lowest BCUT2D eigenvalue weighted by atomic mass is 10.1. The number of fused-ring (bicyclic) bond motifs is 1. The number of aliphatic hydroxyl groups excluding tert-OH is 2. The van der Waals surface area contributed by atoms with Crippen molar-refractivity contribution in [1.29, 1.82) is 0 Å². The highest BCUT2D eigenvalue weighted by atomic mass is 16.3. The molecule has 1 aromatic heterocycles. The predicted octanol–water partition coefficient (Wildman–Crippen LogP) is 0.932. The van der Waals surface area contributed by atoms with E-state index in [-0.39, 0.29) is 18.6 Å². The third kappa shape index (κ3) is 3.50. The van der Waals surface area contributed by atoms with Crippen LogP contribution < -0.4 is 5.43 Å². The van der Waals surface area contributed by atoms with Crippen LogP contribution in [0, 0.1) is 13.8 Å². The van der Waals surface area contributed by atoms with Crippen LogP contribution >= 0.6 is 0 Å². The predicted molar refractivity (Wildman–Crippen MR) is 83.5 cm³/mol. The van der Waals surface area contributed by atoms with Gasteiger partial charge in [0.05, 0.1) is 13.2 Å². The van der Waals surface area contributed by atoms with E-state index < -0.39 is 0 Å². The van der Waals surface area contributed by atoms with Gasteiger partial charge in [-0.25, -0.2) is 0 Å². The molecule has 5 nitrogen and oxygen atoms in total. The Hall–Kier alpha value is -1.69. The molecule has 0 aliphatic heterocycles. The molecule has 21 heavy (non-hydrogen) atoms. The summed E-state index contributed by atoms with van der Waals surface area (Å²) in [7, 11) is 0. The highest BCUT2D eigenvalue weighted by molar-refractivity contribution is 5.80. The first-order chi connectivity index (χ1) is 10.1. The number of rotatable bonds is 6. The fraction of sp³-hybridized carbons (Fsp3) is 0.438. The molecule has 0 unspecified atom stereocenters. The van der Waals surface area contributed by atoms with E-state index in [0.717, 1.165) is 16.8 Å². The first-order valence-corrected chi connectivity index (χ1v) is 7.13. The Kier molecular flexibility index (Phi) is 5.12. The summed E-state index contributed by atoms with van der Waals surface area (Å²) in [4.78, 5) is 17.8. The summed E-state index contributed by atoms with van der Waals surface area (Å²) in [6.45, 7) is 5.14. The highest BCUT2D eigenvalue weighted by Crippen LogP contribution is 2.14. The van der Waals surface area contributed by atoms with Crippen LogP contribution in [0.1, 0.15) is 16.8 Å². The van der Waals surface area contributed by atoms with Gasteiger partial charge >= 0.3 is 0 Å². The highest BCUT2D eigenvalue weighted by Gasteiger charge is 2.13. The number of H-pyrrole nitrogens is 1. The second kappa shape index (κ2) is 6.85. The molecule has 3 N–H and O–H groups in total. The molecule has 5 heteroatoms. The normalized spacial score (nSPS) is 11.5. The molecule has 0 atom stereocenters. The van der Waals surface area contributed by atoms with Gasteiger partial charge in [0.2, 0.25) is 0 Å². The molecule has 0 amide bonds. The molecule has 2 aromatic rings. The largest absolute Gasteiger partial charge is 0.395 e. The maximum Gasteiger partial charge on any atom is 0.194 e. The van der Waals surface area contributed by atoms with Gasteiger partial charge in [-0.2, -0.15) is 0 Å². The van der Waals surface area contributed by atoms with Crippen molar-refractivity contribution in [3.05, 3.63) is 45.2 Å². The third-order valence-corrected chi connectivity index (χ3v) is 3.68. The van der Waals surface area contributed by atoms with Crippen LogP contribution in [-0.2, 0) is 6.54 Å². The molecule has 0 bridgehead atoms. The van der Waals surface area contributed by atoms with Crippen molar-refractivity contribution in [2.24, 2.45) is 0 Å². The second-order valence-electron chi connectivity index (χ2n) is 5.33. The first kappa shape index (κ1) is 15.7. The van der Waals surface area contributed by atoms with Crippen LogP contribution in [0.4, 0.5) is 0 Å². The Labute approximate surface area is 123 Å². The van der Waals surface area contributed by atoms with Crippen molar-refractivity contribution in [3.8, 4) is 0 Å². The van der Waals surface area contributed by atoms with E-state index in [0.29, 0.717) is 30.6 Å². The lowest BCUT2D eigenvalue weighted by molar-refractivity contribution is 0.155. The molecule has 114 valence electrons.